The Bertz CT molecular complexity index is 965. The maximum absolute atomic E-state index is 13.9. The van der Waals surface area contributed by atoms with E-state index < -0.39 is 23.0 Å². The van der Waals surface area contributed by atoms with Gasteiger partial charge in [0.15, 0.2) is 0 Å². The molecule has 0 aliphatic heterocycles. The highest BCUT2D eigenvalue weighted by molar-refractivity contribution is 8.00. The molecule has 0 aliphatic carbocycles. The molecular weight excluding hydrogens is 383 g/mol. The second kappa shape index (κ2) is 9.14. The summed E-state index contributed by atoms with van der Waals surface area (Å²) in [5.41, 5.74) is 0.824. The Morgan fingerprint density at radius 3 is 2.54 bits per heavy atom. The number of hydrogen-bond acceptors (Lipinski definition) is 6. The summed E-state index contributed by atoms with van der Waals surface area (Å²) in [6, 6.07) is 14.3. The molecule has 0 bridgehead atoms. The van der Waals surface area contributed by atoms with Crippen molar-refractivity contribution in [3.63, 3.8) is 0 Å². The van der Waals surface area contributed by atoms with E-state index in [2.05, 4.69) is 20.8 Å². The molecule has 1 atom stereocenters. The molecule has 1 heterocycles. The number of imide groups is 1. The smallest absolute Gasteiger partial charge is 0.321 e. The number of nitrogens with one attached hydrogen (secondary N) is 2. The molecule has 2 aromatic carbocycles. The highest BCUT2D eigenvalue weighted by Crippen LogP contribution is 2.36. The van der Waals surface area contributed by atoms with Crippen molar-refractivity contribution < 1.29 is 18.4 Å². The lowest BCUT2D eigenvalue weighted by Crippen LogP contribution is -2.41. The molecule has 3 rings (SSSR count). The van der Waals surface area contributed by atoms with Crippen molar-refractivity contribution in [2.24, 2.45) is 0 Å². The number of thioether (sulfide) groups is 1. The van der Waals surface area contributed by atoms with Crippen molar-refractivity contribution >= 4 is 23.7 Å². The van der Waals surface area contributed by atoms with Gasteiger partial charge in [-0.3, -0.25) is 10.1 Å². The molecule has 7 nitrogen and oxygen atoms in total. The van der Waals surface area contributed by atoms with Crippen LogP contribution in [-0.2, 0) is 4.79 Å². The van der Waals surface area contributed by atoms with Gasteiger partial charge in [-0.05, 0) is 36.4 Å². The molecule has 0 spiro atoms. The predicted molar refractivity (Wildman–Crippen MR) is 102 cm³/mol. The van der Waals surface area contributed by atoms with Crippen LogP contribution in [0.1, 0.15) is 17.7 Å². The van der Waals surface area contributed by atoms with E-state index in [1.54, 1.807) is 43.3 Å². The molecule has 0 radical (unpaired) electrons. The van der Waals surface area contributed by atoms with Gasteiger partial charge in [0, 0.05) is 6.54 Å². The highest BCUT2D eigenvalue weighted by Gasteiger charge is 2.26. The number of halogens is 1. The minimum atomic E-state index is -0.808. The lowest BCUT2D eigenvalue weighted by Gasteiger charge is -2.14. The first kappa shape index (κ1) is 19.6. The third-order valence-corrected chi connectivity index (χ3v) is 4.73. The fourth-order valence-electron chi connectivity index (χ4n) is 2.38. The molecule has 0 fully saturated rings. The quantitative estimate of drug-likeness (QED) is 0.614. The average molecular weight is 400 g/mol. The Balaban J connectivity index is 1.83. The molecule has 0 unspecified atom stereocenters. The van der Waals surface area contributed by atoms with Crippen molar-refractivity contribution in [2.75, 3.05) is 6.54 Å². The topological polar surface area (TPSA) is 97.1 Å². The largest absolute Gasteiger partial charge is 0.411 e. The van der Waals surface area contributed by atoms with Crippen molar-refractivity contribution in [2.45, 2.75) is 17.4 Å². The third kappa shape index (κ3) is 4.74. The standard InChI is InChI=1S/C19H17FN4O3S/c1-2-21-18(26)22-16(25)15(12-8-4-3-5-9-12)28-19-24-23-17(27-19)13-10-6-7-11-14(13)20/h3-11,15H,2H2,1H3,(H2,21,22,25,26)/t15-/m0/s1. The van der Waals surface area contributed by atoms with Crippen LogP contribution in [0.4, 0.5) is 9.18 Å². The third-order valence-electron chi connectivity index (χ3n) is 3.64. The van der Waals surface area contributed by atoms with Gasteiger partial charge < -0.3 is 9.73 Å². The number of benzene rings is 2. The monoisotopic (exact) mass is 400 g/mol. The molecule has 1 aromatic heterocycles. The van der Waals surface area contributed by atoms with Gasteiger partial charge in [0.05, 0.1) is 5.56 Å². The Labute approximate surface area is 164 Å². The number of carbonyl (C=O) groups excluding carboxylic acids is 2. The van der Waals surface area contributed by atoms with Gasteiger partial charge in [-0.2, -0.15) is 0 Å². The first-order chi connectivity index (χ1) is 13.6. The number of aromatic nitrogens is 2. The van der Waals surface area contributed by atoms with E-state index in [0.717, 1.165) is 11.8 Å². The second-order valence-corrected chi connectivity index (χ2v) is 6.67. The number of hydrogen-bond donors (Lipinski definition) is 2. The van der Waals surface area contributed by atoms with Crippen molar-refractivity contribution in [3.8, 4) is 11.5 Å². The van der Waals surface area contributed by atoms with Crippen LogP contribution in [0.2, 0.25) is 0 Å². The van der Waals surface area contributed by atoms with Gasteiger partial charge in [-0.1, -0.05) is 42.5 Å². The summed E-state index contributed by atoms with van der Waals surface area (Å²) in [7, 11) is 0. The molecule has 3 amide bonds. The predicted octanol–water partition coefficient (Wildman–Crippen LogP) is 3.55. The van der Waals surface area contributed by atoms with E-state index in [1.807, 2.05) is 6.07 Å². The fourth-order valence-corrected chi connectivity index (χ4v) is 3.26. The van der Waals surface area contributed by atoms with E-state index in [0.29, 0.717) is 12.1 Å². The summed E-state index contributed by atoms with van der Waals surface area (Å²) in [4.78, 5) is 24.3. The molecule has 0 aliphatic rings. The molecule has 3 aromatic rings. The minimum Gasteiger partial charge on any atom is -0.411 e. The normalized spacial score (nSPS) is 11.6. The fraction of sp³-hybridized carbons (Fsp3) is 0.158. The van der Waals surface area contributed by atoms with Crippen molar-refractivity contribution in [1.29, 1.82) is 0 Å². The highest BCUT2D eigenvalue weighted by atomic mass is 32.2. The maximum Gasteiger partial charge on any atom is 0.321 e. The zero-order chi connectivity index (χ0) is 19.9. The van der Waals surface area contributed by atoms with Crippen molar-refractivity contribution in [1.82, 2.24) is 20.8 Å². The van der Waals surface area contributed by atoms with E-state index in [9.17, 15) is 14.0 Å². The summed E-state index contributed by atoms with van der Waals surface area (Å²) in [5.74, 6) is -1.01. The number of nitrogens with zero attached hydrogens (tertiary/aromatic N) is 2. The Hall–Kier alpha value is -3.20. The lowest BCUT2D eigenvalue weighted by molar-refractivity contribution is -0.119. The first-order valence-corrected chi connectivity index (χ1v) is 9.35. The number of rotatable bonds is 6. The molecule has 144 valence electrons. The molecule has 0 saturated carbocycles. The molecule has 9 heteroatoms. The zero-order valence-electron chi connectivity index (χ0n) is 14.9. The van der Waals surface area contributed by atoms with Crippen LogP contribution in [0, 0.1) is 5.82 Å². The lowest BCUT2D eigenvalue weighted by atomic mass is 10.1. The number of carbonyl (C=O) groups is 2. The van der Waals surface area contributed by atoms with E-state index >= 15 is 0 Å². The molecule has 28 heavy (non-hydrogen) atoms. The van der Waals surface area contributed by atoms with Crippen LogP contribution < -0.4 is 10.6 Å². The van der Waals surface area contributed by atoms with Gasteiger partial charge >= 0.3 is 6.03 Å². The first-order valence-electron chi connectivity index (χ1n) is 8.47. The Morgan fingerprint density at radius 2 is 1.82 bits per heavy atom. The summed E-state index contributed by atoms with van der Waals surface area (Å²) in [6.07, 6.45) is 0. The summed E-state index contributed by atoms with van der Waals surface area (Å²) >= 11 is 0.977. The van der Waals surface area contributed by atoms with E-state index in [4.69, 9.17) is 4.42 Å². The van der Waals surface area contributed by atoms with E-state index in [-0.39, 0.29) is 16.7 Å². The second-order valence-electron chi connectivity index (χ2n) is 5.61. The van der Waals surface area contributed by atoms with Crippen LogP contribution in [0.3, 0.4) is 0 Å². The Morgan fingerprint density at radius 1 is 1.11 bits per heavy atom. The molecule has 2 N–H and O–H groups in total. The Kier molecular flexibility index (Phi) is 6.38. The summed E-state index contributed by atoms with van der Waals surface area (Å²) in [6.45, 7) is 2.13. The van der Waals surface area contributed by atoms with Gasteiger partial charge in [0.1, 0.15) is 11.1 Å². The average Bonchev–Trinajstić information content (AvgIpc) is 3.15. The van der Waals surface area contributed by atoms with Crippen molar-refractivity contribution in [3.05, 3.63) is 66.0 Å². The zero-order valence-corrected chi connectivity index (χ0v) is 15.7. The summed E-state index contributed by atoms with van der Waals surface area (Å²) in [5, 5.41) is 11.8. The maximum atomic E-state index is 13.9. The van der Waals surface area contributed by atoms with E-state index in [1.165, 1.54) is 12.1 Å². The molecular formula is C19H17FN4O3S. The van der Waals surface area contributed by atoms with Crippen LogP contribution in [0.25, 0.3) is 11.5 Å². The van der Waals surface area contributed by atoms with Gasteiger partial charge in [-0.15, -0.1) is 10.2 Å². The molecule has 0 saturated heterocycles. The van der Waals surface area contributed by atoms with Gasteiger partial charge in [-0.25, -0.2) is 9.18 Å². The van der Waals surface area contributed by atoms with Gasteiger partial charge in [0.25, 0.3) is 11.1 Å². The van der Waals surface area contributed by atoms with Gasteiger partial charge in [0.2, 0.25) is 5.91 Å². The number of amides is 3. The number of urea groups is 1. The summed E-state index contributed by atoms with van der Waals surface area (Å²) < 4.78 is 19.4. The minimum absolute atomic E-state index is 0.0107. The van der Waals surface area contributed by atoms with Crippen LogP contribution in [0.5, 0.6) is 0 Å². The van der Waals surface area contributed by atoms with Crippen LogP contribution >= 0.6 is 11.8 Å². The van der Waals surface area contributed by atoms with Crippen LogP contribution in [0.15, 0.2) is 64.2 Å². The SMILES string of the molecule is CCNC(=O)NC(=O)[C@@H](Sc1nnc(-c2ccccc2F)o1)c1ccccc1. The van der Waals surface area contributed by atoms with Crippen LogP contribution in [-0.4, -0.2) is 28.7 Å².